The fraction of sp³-hybridized carbons (Fsp3) is 0.917. The lowest BCUT2D eigenvalue weighted by Gasteiger charge is -2.25. The van der Waals surface area contributed by atoms with E-state index < -0.39 is 0 Å². The van der Waals surface area contributed by atoms with Crippen LogP contribution in [0, 0.1) is 0 Å². The lowest BCUT2D eigenvalue weighted by Crippen LogP contribution is -2.25. The summed E-state index contributed by atoms with van der Waals surface area (Å²) in [5, 5.41) is 9.33. The van der Waals surface area contributed by atoms with E-state index in [1.807, 2.05) is 0 Å². The van der Waals surface area contributed by atoms with Crippen molar-refractivity contribution in [2.45, 2.75) is 50.7 Å². The zero-order valence-corrected chi connectivity index (χ0v) is 10.3. The molecule has 0 aromatic rings. The molecule has 0 spiro atoms. The number of hydrogen-bond donors (Lipinski definition) is 1. The normalized spacial score (nSPS) is 25.4. The second-order valence-corrected chi connectivity index (χ2v) is 4.69. The molecular weight excluding hydrogens is 206 g/mol. The molecule has 1 aliphatic rings. The number of hydrogen-bond acceptors (Lipinski definition) is 3. The quantitative estimate of drug-likeness (QED) is 0.720. The average Bonchev–Trinajstić information content (AvgIpc) is 2.26. The van der Waals surface area contributed by atoms with E-state index >= 15 is 0 Å². The van der Waals surface area contributed by atoms with Crippen molar-refractivity contribution in [3.05, 3.63) is 0 Å². The highest BCUT2D eigenvalue weighted by Gasteiger charge is 2.19. The summed E-state index contributed by atoms with van der Waals surface area (Å²) in [6.07, 6.45) is 5.10. The van der Waals surface area contributed by atoms with Crippen molar-refractivity contribution < 1.29 is 14.6 Å². The first-order chi connectivity index (χ1) is 7.59. The Hall–Kier alpha value is -0.610. The summed E-state index contributed by atoms with van der Waals surface area (Å²) in [6, 6.07) is 0. The van der Waals surface area contributed by atoms with Crippen molar-refractivity contribution in [1.82, 2.24) is 4.90 Å². The lowest BCUT2D eigenvalue weighted by atomic mass is 9.95. The zero-order chi connectivity index (χ0) is 12.0. The molecule has 1 amide bonds. The summed E-state index contributed by atoms with van der Waals surface area (Å²) in [6.45, 7) is 0.653. The molecule has 0 heterocycles. The third-order valence-electron chi connectivity index (χ3n) is 3.03. The highest BCUT2D eigenvalue weighted by Crippen LogP contribution is 2.21. The fourth-order valence-electron chi connectivity index (χ4n) is 1.91. The average molecular weight is 229 g/mol. The fourth-order valence-corrected chi connectivity index (χ4v) is 1.91. The number of nitrogens with zero attached hydrogens (tertiary/aromatic N) is 1. The molecule has 1 N–H and O–H groups in total. The number of rotatable bonds is 5. The summed E-state index contributed by atoms with van der Waals surface area (Å²) in [5.74, 6) is 0.155. The van der Waals surface area contributed by atoms with Gasteiger partial charge in [0.25, 0.3) is 0 Å². The zero-order valence-electron chi connectivity index (χ0n) is 10.3. The Bertz CT molecular complexity index is 210. The Morgan fingerprint density at radius 1 is 1.31 bits per heavy atom. The first-order valence-electron chi connectivity index (χ1n) is 6.09. The van der Waals surface area contributed by atoms with Crippen molar-refractivity contribution in [2.75, 3.05) is 20.7 Å². The van der Waals surface area contributed by atoms with E-state index in [1.165, 1.54) is 0 Å². The Kier molecular flexibility index (Phi) is 5.77. The summed E-state index contributed by atoms with van der Waals surface area (Å²) in [5.41, 5.74) is 0. The molecule has 0 unspecified atom stereocenters. The number of aliphatic hydroxyl groups is 1. The first kappa shape index (κ1) is 13.5. The van der Waals surface area contributed by atoms with Crippen LogP contribution in [0.2, 0.25) is 0 Å². The highest BCUT2D eigenvalue weighted by atomic mass is 16.5. The van der Waals surface area contributed by atoms with Gasteiger partial charge < -0.3 is 14.7 Å². The standard InChI is InChI=1S/C12H23NO3/c1-13(2)12(15)4-3-9-16-11-7-5-10(14)6-8-11/h10-11,14H,3-9H2,1-2H3. The van der Waals surface area contributed by atoms with Crippen molar-refractivity contribution in [1.29, 1.82) is 0 Å². The van der Waals surface area contributed by atoms with Gasteiger partial charge in [0.15, 0.2) is 0 Å². The molecule has 0 radical (unpaired) electrons. The second-order valence-electron chi connectivity index (χ2n) is 4.69. The molecule has 0 bridgehead atoms. The molecule has 4 heteroatoms. The van der Waals surface area contributed by atoms with Gasteiger partial charge in [-0.1, -0.05) is 0 Å². The Labute approximate surface area is 97.6 Å². The van der Waals surface area contributed by atoms with Crippen LogP contribution in [-0.2, 0) is 9.53 Å². The number of aliphatic hydroxyl groups excluding tert-OH is 1. The molecule has 1 rings (SSSR count). The molecule has 0 aromatic carbocycles. The van der Waals surface area contributed by atoms with Crippen molar-refractivity contribution >= 4 is 5.91 Å². The SMILES string of the molecule is CN(C)C(=O)CCCOC1CCC(O)CC1. The van der Waals surface area contributed by atoms with Crippen LogP contribution in [0.1, 0.15) is 38.5 Å². The van der Waals surface area contributed by atoms with E-state index in [9.17, 15) is 9.90 Å². The van der Waals surface area contributed by atoms with Gasteiger partial charge in [-0.2, -0.15) is 0 Å². The summed E-state index contributed by atoms with van der Waals surface area (Å²) >= 11 is 0. The van der Waals surface area contributed by atoms with Gasteiger partial charge in [0.1, 0.15) is 0 Å². The molecule has 1 aliphatic carbocycles. The van der Waals surface area contributed by atoms with E-state index in [0.717, 1.165) is 32.1 Å². The maximum atomic E-state index is 11.3. The molecular formula is C12H23NO3. The predicted octanol–water partition coefficient (Wildman–Crippen LogP) is 1.17. The molecule has 0 saturated heterocycles. The number of carbonyl (C=O) groups is 1. The van der Waals surface area contributed by atoms with Crippen LogP contribution < -0.4 is 0 Å². The van der Waals surface area contributed by atoms with Crippen LogP contribution in [0.3, 0.4) is 0 Å². The maximum absolute atomic E-state index is 11.3. The van der Waals surface area contributed by atoms with Crippen molar-refractivity contribution in [2.24, 2.45) is 0 Å². The van der Waals surface area contributed by atoms with Gasteiger partial charge in [-0.15, -0.1) is 0 Å². The predicted molar refractivity (Wildman–Crippen MR) is 62.1 cm³/mol. The van der Waals surface area contributed by atoms with Gasteiger partial charge in [-0.3, -0.25) is 4.79 Å². The molecule has 1 saturated carbocycles. The van der Waals surface area contributed by atoms with Crippen LogP contribution in [0.25, 0.3) is 0 Å². The minimum Gasteiger partial charge on any atom is -0.393 e. The van der Waals surface area contributed by atoms with E-state index in [2.05, 4.69) is 0 Å². The topological polar surface area (TPSA) is 49.8 Å². The van der Waals surface area contributed by atoms with E-state index in [-0.39, 0.29) is 18.1 Å². The maximum Gasteiger partial charge on any atom is 0.222 e. The van der Waals surface area contributed by atoms with Crippen LogP contribution >= 0.6 is 0 Å². The van der Waals surface area contributed by atoms with Crippen LogP contribution in [-0.4, -0.2) is 48.8 Å². The molecule has 1 fully saturated rings. The first-order valence-corrected chi connectivity index (χ1v) is 6.09. The minimum atomic E-state index is -0.129. The number of amides is 1. The van der Waals surface area contributed by atoms with E-state index in [0.29, 0.717) is 13.0 Å². The highest BCUT2D eigenvalue weighted by molar-refractivity contribution is 5.75. The second kappa shape index (κ2) is 6.86. The molecule has 4 nitrogen and oxygen atoms in total. The summed E-state index contributed by atoms with van der Waals surface area (Å²) in [4.78, 5) is 12.9. The van der Waals surface area contributed by atoms with Crippen LogP contribution in [0.5, 0.6) is 0 Å². The van der Waals surface area contributed by atoms with Gasteiger partial charge in [-0.05, 0) is 32.1 Å². The monoisotopic (exact) mass is 229 g/mol. The molecule has 0 atom stereocenters. The van der Waals surface area contributed by atoms with Crippen LogP contribution in [0.4, 0.5) is 0 Å². The number of carbonyl (C=O) groups excluding carboxylic acids is 1. The summed E-state index contributed by atoms with van der Waals surface area (Å²) < 4.78 is 5.68. The third-order valence-corrected chi connectivity index (χ3v) is 3.03. The van der Waals surface area contributed by atoms with Crippen LogP contribution in [0.15, 0.2) is 0 Å². The van der Waals surface area contributed by atoms with Crippen molar-refractivity contribution in [3.8, 4) is 0 Å². The van der Waals surface area contributed by atoms with Crippen molar-refractivity contribution in [3.63, 3.8) is 0 Å². The molecule has 0 aliphatic heterocycles. The molecule has 0 aromatic heterocycles. The van der Waals surface area contributed by atoms with Gasteiger partial charge in [-0.25, -0.2) is 0 Å². The molecule has 94 valence electrons. The Morgan fingerprint density at radius 2 is 1.94 bits per heavy atom. The third kappa shape index (κ3) is 4.94. The number of ether oxygens (including phenoxy) is 1. The van der Waals surface area contributed by atoms with E-state index in [1.54, 1.807) is 19.0 Å². The van der Waals surface area contributed by atoms with Gasteiger partial charge in [0, 0.05) is 27.1 Å². The van der Waals surface area contributed by atoms with E-state index in [4.69, 9.17) is 4.74 Å². The van der Waals surface area contributed by atoms with Gasteiger partial charge >= 0.3 is 0 Å². The summed E-state index contributed by atoms with van der Waals surface area (Å²) in [7, 11) is 3.54. The van der Waals surface area contributed by atoms with Gasteiger partial charge in [0.05, 0.1) is 12.2 Å². The Balaban J connectivity index is 2.01. The smallest absolute Gasteiger partial charge is 0.222 e. The minimum absolute atomic E-state index is 0.129. The van der Waals surface area contributed by atoms with Gasteiger partial charge in [0.2, 0.25) is 5.91 Å². The molecule has 16 heavy (non-hydrogen) atoms. The largest absolute Gasteiger partial charge is 0.393 e. The lowest BCUT2D eigenvalue weighted by molar-refractivity contribution is -0.129. The Morgan fingerprint density at radius 3 is 2.50 bits per heavy atom.